The van der Waals surface area contributed by atoms with Gasteiger partial charge in [-0.05, 0) is 0 Å². The monoisotopic (exact) mass is 322 g/mol. The van der Waals surface area contributed by atoms with Crippen molar-refractivity contribution >= 4 is 18.9 Å². The number of ether oxygens (including phenoxy) is 2. The van der Waals surface area contributed by atoms with E-state index in [4.69, 9.17) is 9.47 Å². The van der Waals surface area contributed by atoms with Gasteiger partial charge in [-0.25, -0.2) is 0 Å². The summed E-state index contributed by atoms with van der Waals surface area (Å²) in [5.41, 5.74) is 0. The van der Waals surface area contributed by atoms with Crippen LogP contribution in [0.5, 0.6) is 11.5 Å². The van der Waals surface area contributed by atoms with Crippen LogP contribution >= 0.6 is 18.9 Å². The van der Waals surface area contributed by atoms with Crippen LogP contribution in [0.2, 0.25) is 0 Å². The Kier molecular flexibility index (Phi) is 4.47. The number of quaternary nitrogens is 1. The number of hydrogen-bond acceptors (Lipinski definition) is 4. The van der Waals surface area contributed by atoms with Gasteiger partial charge in [0.25, 0.3) is 0 Å². The molecule has 1 aliphatic heterocycles. The highest BCUT2D eigenvalue weighted by Crippen LogP contribution is 2.40. The van der Waals surface area contributed by atoms with E-state index in [0.29, 0.717) is 17.5 Å². The minimum absolute atomic E-state index is 0.146. The van der Waals surface area contributed by atoms with E-state index in [1.54, 1.807) is 0 Å². The summed E-state index contributed by atoms with van der Waals surface area (Å²) in [6.07, 6.45) is 0.225. The molecule has 8 heteroatoms. The van der Waals surface area contributed by atoms with Crippen molar-refractivity contribution in [1.29, 1.82) is 0 Å². The summed E-state index contributed by atoms with van der Waals surface area (Å²) in [6, 6.07) is -0.190. The van der Waals surface area contributed by atoms with Crippen molar-refractivity contribution < 1.29 is 28.3 Å². The normalized spacial score (nSPS) is 20.8. The largest absolute Gasteiger partial charge is 0.485 e. The molecule has 1 aromatic heterocycles. The van der Waals surface area contributed by atoms with Gasteiger partial charge >= 0.3 is 7.60 Å². The molecular weight excluding hydrogens is 301 g/mol. The zero-order chi connectivity index (χ0) is 15.0. The Morgan fingerprint density at radius 1 is 1.40 bits per heavy atom. The van der Waals surface area contributed by atoms with Crippen LogP contribution in [0, 0.1) is 0 Å². The Morgan fingerprint density at radius 3 is 2.65 bits per heavy atom. The standard InChI is InChI=1S/C12H20NO5PS/c1-13(2,3)9(6-19(14,15)16)4-10-5-17-11-7-20-8-12(11)18-10/h7-10H,4-6H2,1-3H3,(H-,14,15,16)/p+1. The summed E-state index contributed by atoms with van der Waals surface area (Å²) < 4.78 is 23.2. The highest BCUT2D eigenvalue weighted by Gasteiger charge is 2.35. The first-order chi connectivity index (χ1) is 9.15. The zero-order valence-electron chi connectivity index (χ0n) is 11.9. The number of hydrogen-bond donors (Lipinski definition) is 2. The zero-order valence-corrected chi connectivity index (χ0v) is 13.6. The second kappa shape index (κ2) is 5.66. The van der Waals surface area contributed by atoms with Crippen LogP contribution in [0.3, 0.4) is 0 Å². The van der Waals surface area contributed by atoms with Crippen molar-refractivity contribution in [3.8, 4) is 11.5 Å². The van der Waals surface area contributed by atoms with Gasteiger partial charge in [-0.1, -0.05) is 0 Å². The van der Waals surface area contributed by atoms with Crippen molar-refractivity contribution in [3.05, 3.63) is 10.8 Å². The van der Waals surface area contributed by atoms with E-state index in [1.165, 1.54) is 11.3 Å². The van der Waals surface area contributed by atoms with Gasteiger partial charge in [-0.2, -0.15) is 0 Å². The molecule has 2 heterocycles. The summed E-state index contributed by atoms with van der Waals surface area (Å²) >= 11 is 1.51. The minimum Gasteiger partial charge on any atom is -0.485 e. The molecule has 0 radical (unpaired) electrons. The molecule has 2 N–H and O–H groups in total. The molecule has 1 aromatic rings. The van der Waals surface area contributed by atoms with Crippen molar-refractivity contribution in [2.75, 3.05) is 33.9 Å². The molecule has 0 spiro atoms. The van der Waals surface area contributed by atoms with E-state index in [2.05, 4.69) is 0 Å². The predicted molar refractivity (Wildman–Crippen MR) is 77.6 cm³/mol. The molecule has 6 nitrogen and oxygen atoms in total. The first-order valence-corrected chi connectivity index (χ1v) is 9.10. The lowest BCUT2D eigenvalue weighted by atomic mass is 10.1. The molecule has 0 saturated carbocycles. The molecule has 0 fully saturated rings. The summed E-state index contributed by atoms with van der Waals surface area (Å²) in [5, 5.41) is 3.77. The van der Waals surface area contributed by atoms with Crippen LogP contribution in [0.1, 0.15) is 6.42 Å². The van der Waals surface area contributed by atoms with E-state index < -0.39 is 7.60 Å². The highest BCUT2D eigenvalue weighted by atomic mass is 32.1. The van der Waals surface area contributed by atoms with Crippen molar-refractivity contribution in [1.82, 2.24) is 0 Å². The molecule has 0 aromatic carbocycles. The topological polar surface area (TPSA) is 76.0 Å². The molecule has 0 bridgehead atoms. The van der Waals surface area contributed by atoms with Crippen LogP contribution in [-0.4, -0.2) is 60.3 Å². The van der Waals surface area contributed by atoms with Crippen LogP contribution in [0.4, 0.5) is 0 Å². The maximum absolute atomic E-state index is 11.3. The quantitative estimate of drug-likeness (QED) is 0.635. The smallest absolute Gasteiger partial charge is 0.331 e. The number of rotatable bonds is 5. The van der Waals surface area contributed by atoms with Crippen LogP contribution in [-0.2, 0) is 4.57 Å². The Hall–Kier alpha value is -0.590. The molecule has 2 rings (SSSR count). The van der Waals surface area contributed by atoms with E-state index in [0.717, 1.165) is 11.5 Å². The average Bonchev–Trinajstić information content (AvgIpc) is 2.72. The lowest BCUT2D eigenvalue weighted by molar-refractivity contribution is -0.894. The summed E-state index contributed by atoms with van der Waals surface area (Å²) in [5.74, 6) is 1.48. The lowest BCUT2D eigenvalue weighted by Crippen LogP contribution is -2.50. The van der Waals surface area contributed by atoms with Crippen molar-refractivity contribution in [3.63, 3.8) is 0 Å². The Balaban J connectivity index is 2.04. The predicted octanol–water partition coefficient (Wildman–Crippen LogP) is 1.53. The summed E-state index contributed by atoms with van der Waals surface area (Å²) in [7, 11) is 1.74. The number of fused-ring (bicyclic) bond motifs is 1. The molecule has 0 amide bonds. The average molecular weight is 322 g/mol. The molecule has 20 heavy (non-hydrogen) atoms. The van der Waals surface area contributed by atoms with Crippen molar-refractivity contribution in [2.24, 2.45) is 0 Å². The SMILES string of the molecule is C[N+](C)(C)C(CC1COc2cscc2O1)CP(=O)(O)O. The maximum Gasteiger partial charge on any atom is 0.331 e. The fourth-order valence-corrected chi connectivity index (χ4v) is 4.05. The van der Waals surface area contributed by atoms with Gasteiger partial charge in [0.2, 0.25) is 0 Å². The fourth-order valence-electron chi connectivity index (χ4n) is 2.19. The molecular formula is C12H21NO5PS+. The van der Waals surface area contributed by atoms with Gasteiger partial charge in [-0.3, -0.25) is 4.57 Å². The third kappa shape index (κ3) is 4.20. The highest BCUT2D eigenvalue weighted by molar-refractivity contribution is 7.51. The fraction of sp³-hybridized carbons (Fsp3) is 0.667. The third-order valence-electron chi connectivity index (χ3n) is 3.39. The molecule has 0 aliphatic carbocycles. The first-order valence-electron chi connectivity index (χ1n) is 6.36. The molecule has 2 unspecified atom stereocenters. The number of nitrogens with zero attached hydrogens (tertiary/aromatic N) is 1. The molecule has 1 aliphatic rings. The van der Waals surface area contributed by atoms with Crippen LogP contribution in [0.25, 0.3) is 0 Å². The summed E-state index contributed by atoms with van der Waals surface area (Å²) in [6.45, 7) is 0.418. The second-order valence-corrected chi connectivity index (χ2v) is 8.44. The first kappa shape index (κ1) is 15.8. The van der Waals surface area contributed by atoms with Crippen LogP contribution < -0.4 is 9.47 Å². The van der Waals surface area contributed by atoms with Gasteiger partial charge in [0.05, 0.1) is 21.1 Å². The van der Waals surface area contributed by atoms with Gasteiger partial charge in [0, 0.05) is 17.2 Å². The van der Waals surface area contributed by atoms with Crippen LogP contribution in [0.15, 0.2) is 10.8 Å². The van der Waals surface area contributed by atoms with Crippen molar-refractivity contribution in [2.45, 2.75) is 18.6 Å². The van der Waals surface area contributed by atoms with E-state index >= 15 is 0 Å². The third-order valence-corrected chi connectivity index (χ3v) is 4.99. The van der Waals surface area contributed by atoms with Gasteiger partial charge in [0.1, 0.15) is 24.9 Å². The molecule has 2 atom stereocenters. The molecule has 114 valence electrons. The van der Waals surface area contributed by atoms with Gasteiger partial charge in [0.15, 0.2) is 11.5 Å². The Bertz CT molecular complexity index is 506. The Morgan fingerprint density at radius 2 is 2.05 bits per heavy atom. The van der Waals surface area contributed by atoms with Gasteiger partial charge in [-0.15, -0.1) is 11.3 Å². The van der Waals surface area contributed by atoms with E-state index in [1.807, 2.05) is 31.9 Å². The van der Waals surface area contributed by atoms with Gasteiger partial charge < -0.3 is 23.7 Å². The molecule has 0 saturated heterocycles. The summed E-state index contributed by atoms with van der Waals surface area (Å²) in [4.78, 5) is 18.5. The maximum atomic E-state index is 11.3. The number of thiophene rings is 1. The lowest BCUT2D eigenvalue weighted by Gasteiger charge is -2.37. The Labute approximate surface area is 122 Å². The van der Waals surface area contributed by atoms with E-state index in [9.17, 15) is 14.4 Å². The second-order valence-electron chi connectivity index (χ2n) is 6.00. The minimum atomic E-state index is -4.05. The van der Waals surface area contributed by atoms with E-state index in [-0.39, 0.29) is 18.3 Å².